The molecule has 5 nitrogen and oxygen atoms in total. The maximum atomic E-state index is 13.9. The molecule has 0 aromatic heterocycles. The van der Waals surface area contributed by atoms with Gasteiger partial charge in [-0.3, -0.25) is 0 Å². The summed E-state index contributed by atoms with van der Waals surface area (Å²) < 4.78 is 24.7. The zero-order chi connectivity index (χ0) is 20.1. The second kappa shape index (κ2) is 8.95. The molecule has 2 unspecified atom stereocenters. The van der Waals surface area contributed by atoms with E-state index in [0.717, 1.165) is 18.4 Å². The average Bonchev–Trinajstić information content (AvgIpc) is 3.19. The molecule has 2 amide bonds. The van der Waals surface area contributed by atoms with Gasteiger partial charge in [-0.25, -0.2) is 9.18 Å². The van der Waals surface area contributed by atoms with Crippen molar-refractivity contribution >= 4 is 6.03 Å². The third-order valence-corrected chi connectivity index (χ3v) is 5.17. The zero-order valence-electron chi connectivity index (χ0n) is 16.6. The summed E-state index contributed by atoms with van der Waals surface area (Å²) in [6.45, 7) is 2.57. The van der Waals surface area contributed by atoms with Gasteiger partial charge < -0.3 is 19.7 Å². The van der Waals surface area contributed by atoms with E-state index in [1.54, 1.807) is 32.4 Å². The van der Waals surface area contributed by atoms with Crippen LogP contribution < -0.4 is 14.8 Å². The molecule has 0 radical (unpaired) electrons. The molecule has 1 N–H and O–H groups in total. The van der Waals surface area contributed by atoms with Gasteiger partial charge in [0.2, 0.25) is 0 Å². The number of nitrogens with zero attached hydrogens (tertiary/aromatic N) is 1. The Morgan fingerprint density at radius 2 is 2.04 bits per heavy atom. The van der Waals surface area contributed by atoms with Crippen molar-refractivity contribution in [3.8, 4) is 11.5 Å². The Labute approximate surface area is 165 Å². The third kappa shape index (κ3) is 4.38. The molecule has 1 saturated heterocycles. The van der Waals surface area contributed by atoms with Gasteiger partial charge in [-0.2, -0.15) is 0 Å². The second-order valence-electron chi connectivity index (χ2n) is 7.11. The van der Waals surface area contributed by atoms with E-state index in [2.05, 4.69) is 5.32 Å². The Morgan fingerprint density at radius 3 is 2.75 bits per heavy atom. The maximum Gasteiger partial charge on any atom is 0.318 e. The van der Waals surface area contributed by atoms with Crippen LogP contribution in [0.2, 0.25) is 0 Å². The summed E-state index contributed by atoms with van der Waals surface area (Å²) in [7, 11) is 3.23. The summed E-state index contributed by atoms with van der Waals surface area (Å²) in [6, 6.07) is 12.0. The second-order valence-corrected chi connectivity index (χ2v) is 7.11. The van der Waals surface area contributed by atoms with Crippen molar-refractivity contribution < 1.29 is 18.7 Å². The highest BCUT2D eigenvalue weighted by molar-refractivity contribution is 5.75. The highest BCUT2D eigenvalue weighted by Crippen LogP contribution is 2.38. The van der Waals surface area contributed by atoms with Gasteiger partial charge in [0.25, 0.3) is 0 Å². The fourth-order valence-electron chi connectivity index (χ4n) is 3.77. The van der Waals surface area contributed by atoms with Crippen LogP contribution in [-0.4, -0.2) is 37.7 Å². The molecular formula is C22H27FN2O3. The minimum absolute atomic E-state index is 0.0542. The average molecular weight is 386 g/mol. The predicted octanol–water partition coefficient (Wildman–Crippen LogP) is 4.32. The number of likely N-dealkylation sites (tertiary alicyclic amines) is 1. The fraction of sp³-hybridized carbons (Fsp3) is 0.409. The predicted molar refractivity (Wildman–Crippen MR) is 106 cm³/mol. The van der Waals surface area contributed by atoms with E-state index in [9.17, 15) is 9.18 Å². The summed E-state index contributed by atoms with van der Waals surface area (Å²) in [5.41, 5.74) is 1.57. The number of methoxy groups -OCH3 is 2. The first-order valence-electron chi connectivity index (χ1n) is 9.56. The lowest BCUT2D eigenvalue weighted by molar-refractivity contribution is 0.188. The lowest BCUT2D eigenvalue weighted by atomic mass is 10.0. The van der Waals surface area contributed by atoms with Crippen LogP contribution in [-0.2, 0) is 6.42 Å². The lowest BCUT2D eigenvalue weighted by Gasteiger charge is -2.28. The van der Waals surface area contributed by atoms with Crippen LogP contribution in [0.1, 0.15) is 36.9 Å². The molecule has 1 fully saturated rings. The van der Waals surface area contributed by atoms with Gasteiger partial charge in [0.1, 0.15) is 17.3 Å². The summed E-state index contributed by atoms with van der Waals surface area (Å²) in [4.78, 5) is 14.7. The number of benzene rings is 2. The number of rotatable bonds is 6. The van der Waals surface area contributed by atoms with Crippen LogP contribution in [0.4, 0.5) is 9.18 Å². The molecule has 28 heavy (non-hydrogen) atoms. The fourth-order valence-corrected chi connectivity index (χ4v) is 3.77. The van der Waals surface area contributed by atoms with E-state index in [-0.39, 0.29) is 23.9 Å². The van der Waals surface area contributed by atoms with E-state index in [0.29, 0.717) is 30.0 Å². The van der Waals surface area contributed by atoms with Crippen molar-refractivity contribution in [2.75, 3.05) is 20.8 Å². The number of ether oxygens (including phenoxy) is 2. The minimum atomic E-state index is -0.245. The lowest BCUT2D eigenvalue weighted by Crippen LogP contribution is -2.44. The molecule has 6 heteroatoms. The van der Waals surface area contributed by atoms with Gasteiger partial charge in [-0.15, -0.1) is 0 Å². The first-order valence-corrected chi connectivity index (χ1v) is 9.56. The number of carbonyl (C=O) groups is 1. The van der Waals surface area contributed by atoms with Gasteiger partial charge in [0, 0.05) is 24.2 Å². The largest absolute Gasteiger partial charge is 0.497 e. The quantitative estimate of drug-likeness (QED) is 0.804. The Morgan fingerprint density at radius 1 is 1.25 bits per heavy atom. The van der Waals surface area contributed by atoms with E-state index in [1.807, 2.05) is 30.0 Å². The van der Waals surface area contributed by atoms with E-state index in [1.165, 1.54) is 6.07 Å². The third-order valence-electron chi connectivity index (χ3n) is 5.17. The van der Waals surface area contributed by atoms with Gasteiger partial charge in [0.05, 0.1) is 20.3 Å². The summed E-state index contributed by atoms with van der Waals surface area (Å²) in [5, 5.41) is 3.01. The highest BCUT2D eigenvalue weighted by atomic mass is 19.1. The number of carbonyl (C=O) groups excluding carboxylic acids is 1. The summed E-state index contributed by atoms with van der Waals surface area (Å²) in [6.07, 6.45) is 2.25. The zero-order valence-corrected chi connectivity index (χ0v) is 16.6. The van der Waals surface area contributed by atoms with Gasteiger partial charge in [-0.05, 0) is 49.9 Å². The molecule has 0 spiro atoms. The molecule has 150 valence electrons. The van der Waals surface area contributed by atoms with Gasteiger partial charge in [-0.1, -0.05) is 18.2 Å². The van der Waals surface area contributed by atoms with Crippen LogP contribution in [0.15, 0.2) is 42.5 Å². The highest BCUT2D eigenvalue weighted by Gasteiger charge is 2.32. The number of hydrogen-bond acceptors (Lipinski definition) is 3. The van der Waals surface area contributed by atoms with E-state index >= 15 is 0 Å². The molecule has 1 aliphatic rings. The van der Waals surface area contributed by atoms with E-state index < -0.39 is 0 Å². The van der Waals surface area contributed by atoms with Crippen LogP contribution >= 0.6 is 0 Å². The number of amides is 2. The SMILES string of the molecule is COc1ccc(C2CCCN2C(=O)NC(C)Cc2ccccc2F)c(OC)c1. The molecule has 3 rings (SSSR count). The molecule has 2 aromatic rings. The van der Waals surface area contributed by atoms with E-state index in [4.69, 9.17) is 9.47 Å². The number of hydrogen-bond donors (Lipinski definition) is 1. The van der Waals surface area contributed by atoms with Crippen molar-refractivity contribution in [2.24, 2.45) is 0 Å². The van der Waals surface area contributed by atoms with Crippen molar-refractivity contribution in [1.82, 2.24) is 10.2 Å². The van der Waals surface area contributed by atoms with Crippen molar-refractivity contribution in [3.63, 3.8) is 0 Å². The van der Waals surface area contributed by atoms with Crippen molar-refractivity contribution in [1.29, 1.82) is 0 Å². The molecular weight excluding hydrogens is 359 g/mol. The molecule has 2 atom stereocenters. The summed E-state index contributed by atoms with van der Waals surface area (Å²) >= 11 is 0. The molecule has 0 aliphatic carbocycles. The smallest absolute Gasteiger partial charge is 0.318 e. The topological polar surface area (TPSA) is 50.8 Å². The van der Waals surface area contributed by atoms with Gasteiger partial charge >= 0.3 is 6.03 Å². The minimum Gasteiger partial charge on any atom is -0.497 e. The normalized spacial score (nSPS) is 17.3. The van der Waals surface area contributed by atoms with Crippen molar-refractivity contribution in [2.45, 2.75) is 38.3 Å². The molecule has 1 heterocycles. The number of nitrogens with one attached hydrogen (secondary N) is 1. The Kier molecular flexibility index (Phi) is 6.39. The van der Waals surface area contributed by atoms with Crippen LogP contribution in [0.25, 0.3) is 0 Å². The number of halogens is 1. The maximum absolute atomic E-state index is 13.9. The Balaban J connectivity index is 1.70. The number of urea groups is 1. The monoisotopic (exact) mass is 386 g/mol. The van der Waals surface area contributed by atoms with Crippen molar-refractivity contribution in [3.05, 3.63) is 59.4 Å². The Hall–Kier alpha value is -2.76. The van der Waals surface area contributed by atoms with Crippen LogP contribution in [0.5, 0.6) is 11.5 Å². The first-order chi connectivity index (χ1) is 13.5. The molecule has 0 bridgehead atoms. The summed E-state index contributed by atoms with van der Waals surface area (Å²) in [5.74, 6) is 1.18. The standard InChI is InChI=1S/C22H27FN2O3/c1-15(13-16-7-4-5-8-19(16)23)24-22(26)25-12-6-9-20(25)18-11-10-17(27-2)14-21(18)28-3/h4-5,7-8,10-11,14-15,20H,6,9,12-13H2,1-3H3,(H,24,26). The van der Waals surface area contributed by atoms with Crippen LogP contribution in [0.3, 0.4) is 0 Å². The van der Waals surface area contributed by atoms with Gasteiger partial charge in [0.15, 0.2) is 0 Å². The first kappa shape index (κ1) is 20.0. The Bertz CT molecular complexity index is 827. The molecule has 0 saturated carbocycles. The molecule has 1 aliphatic heterocycles. The molecule has 2 aromatic carbocycles. The van der Waals surface area contributed by atoms with Crippen LogP contribution in [0, 0.1) is 5.82 Å².